The van der Waals surface area contributed by atoms with Crippen molar-refractivity contribution in [3.8, 4) is 0 Å². The van der Waals surface area contributed by atoms with E-state index in [9.17, 15) is 14.3 Å². The number of ketones is 1. The minimum Gasteiger partial charge on any atom is -0.385 e. The van der Waals surface area contributed by atoms with Gasteiger partial charge >= 0.3 is 0 Å². The number of aliphatic hydroxyl groups excluding tert-OH is 1. The number of nitrogens with zero attached hydrogens (tertiary/aromatic N) is 2. The molecule has 1 aromatic carbocycles. The number of Topliss-reactive ketones (excluding diaryl/α,β-unsaturated/α-hetero) is 1. The third kappa shape index (κ3) is 1.66. The maximum Gasteiger partial charge on any atom is 0.168 e. The molecule has 2 atom stereocenters. The Bertz CT molecular complexity index is 708. The molecule has 2 aromatic rings. The van der Waals surface area contributed by atoms with E-state index in [1.807, 2.05) is 6.92 Å². The highest BCUT2D eigenvalue weighted by Crippen LogP contribution is 2.38. The number of benzene rings is 1. The minimum atomic E-state index is -0.811. The van der Waals surface area contributed by atoms with Crippen LogP contribution in [-0.2, 0) is 0 Å². The second-order valence-electron chi connectivity index (χ2n) is 4.90. The van der Waals surface area contributed by atoms with E-state index >= 15 is 0 Å². The summed E-state index contributed by atoms with van der Waals surface area (Å²) in [7, 11) is 0. The van der Waals surface area contributed by atoms with Crippen LogP contribution in [0.1, 0.15) is 48.6 Å². The van der Waals surface area contributed by atoms with E-state index in [2.05, 4.69) is 20.9 Å². The maximum absolute atomic E-state index is 14.0. The molecule has 1 N–H and O–H groups in total. The largest absolute Gasteiger partial charge is 0.385 e. The normalized spacial score (nSPS) is 20.1. The topological polar surface area (TPSA) is 55.1 Å². The Balaban J connectivity index is 2.52. The zero-order valence-electron chi connectivity index (χ0n) is 10.4. The maximum atomic E-state index is 14.0. The molecular formula is C13H12BrFN2O2. The van der Waals surface area contributed by atoms with E-state index in [1.54, 1.807) is 11.5 Å². The summed E-state index contributed by atoms with van der Waals surface area (Å²) in [6, 6.07) is 1.12. The number of carbonyl (C=O) groups excluding carboxylic acids is 1. The molecule has 6 heteroatoms. The van der Waals surface area contributed by atoms with E-state index in [1.165, 1.54) is 6.07 Å². The first-order chi connectivity index (χ1) is 8.91. The zero-order chi connectivity index (χ0) is 13.9. The van der Waals surface area contributed by atoms with Crippen molar-refractivity contribution in [1.29, 1.82) is 0 Å². The molecule has 0 bridgehead atoms. The third-order valence-corrected chi connectivity index (χ3v) is 4.09. The first kappa shape index (κ1) is 12.7. The van der Waals surface area contributed by atoms with Gasteiger partial charge in [0.25, 0.3) is 0 Å². The van der Waals surface area contributed by atoms with Gasteiger partial charge in [-0.05, 0) is 35.8 Å². The number of aromatic nitrogens is 2. The minimum absolute atomic E-state index is 0.0334. The van der Waals surface area contributed by atoms with Crippen molar-refractivity contribution in [3.63, 3.8) is 0 Å². The molecule has 1 aliphatic heterocycles. The van der Waals surface area contributed by atoms with Crippen molar-refractivity contribution in [2.75, 3.05) is 0 Å². The monoisotopic (exact) mass is 326 g/mol. The van der Waals surface area contributed by atoms with Crippen molar-refractivity contribution in [3.05, 3.63) is 27.7 Å². The summed E-state index contributed by atoms with van der Waals surface area (Å²) in [5.41, 5.74) is 1.08. The van der Waals surface area contributed by atoms with Crippen molar-refractivity contribution in [2.45, 2.75) is 32.4 Å². The van der Waals surface area contributed by atoms with Crippen LogP contribution in [0.3, 0.4) is 0 Å². The van der Waals surface area contributed by atoms with Gasteiger partial charge in [0.1, 0.15) is 17.4 Å². The summed E-state index contributed by atoms with van der Waals surface area (Å²) in [6.45, 7) is 3.45. The number of carbonyl (C=O) groups is 1. The van der Waals surface area contributed by atoms with Crippen LogP contribution in [0.5, 0.6) is 0 Å². The van der Waals surface area contributed by atoms with Crippen LogP contribution >= 0.6 is 15.9 Å². The molecule has 0 fully saturated rings. The number of halogens is 2. The van der Waals surface area contributed by atoms with Gasteiger partial charge in [0.15, 0.2) is 11.6 Å². The van der Waals surface area contributed by atoms with Gasteiger partial charge in [-0.25, -0.2) is 9.37 Å². The molecule has 1 unspecified atom stereocenters. The lowest BCUT2D eigenvalue weighted by atomic mass is 9.98. The first-order valence-corrected chi connectivity index (χ1v) is 6.82. The fourth-order valence-corrected chi connectivity index (χ4v) is 3.30. The molecule has 4 nitrogen and oxygen atoms in total. The standard InChI is InChI=1S/C13H12BrFN2O2/c1-5-3-9(19)10-7(14)4-8(15)11-12(10)17(5)13(16-11)6(2)18/h4-6,18H,3H2,1-2H3/t5-,6?/m0/s1. The molecule has 1 aromatic heterocycles. The SMILES string of the molecule is CC(O)c1nc2c(F)cc(Br)c3c2n1[C@@H](C)CC3=O. The fraction of sp³-hybridized carbons (Fsp3) is 0.385. The quantitative estimate of drug-likeness (QED) is 0.875. The van der Waals surface area contributed by atoms with Crippen LogP contribution in [-0.4, -0.2) is 20.4 Å². The summed E-state index contributed by atoms with van der Waals surface area (Å²) in [5.74, 6) is -0.129. The van der Waals surface area contributed by atoms with Crippen molar-refractivity contribution in [1.82, 2.24) is 9.55 Å². The molecular weight excluding hydrogens is 315 g/mol. The summed E-state index contributed by atoms with van der Waals surface area (Å²) in [6.07, 6.45) is -0.489. The van der Waals surface area contributed by atoms with E-state index in [-0.39, 0.29) is 17.3 Å². The van der Waals surface area contributed by atoms with Crippen molar-refractivity contribution < 1.29 is 14.3 Å². The molecule has 1 aliphatic rings. The molecule has 0 spiro atoms. The van der Waals surface area contributed by atoms with E-state index < -0.39 is 11.9 Å². The number of imidazole rings is 1. The molecule has 0 saturated carbocycles. The van der Waals surface area contributed by atoms with Gasteiger partial charge in [-0.15, -0.1) is 0 Å². The van der Waals surface area contributed by atoms with E-state index in [0.717, 1.165) is 0 Å². The lowest BCUT2D eigenvalue weighted by Crippen LogP contribution is -2.21. The molecule has 0 radical (unpaired) electrons. The molecule has 100 valence electrons. The highest BCUT2D eigenvalue weighted by atomic mass is 79.9. The average molecular weight is 327 g/mol. The summed E-state index contributed by atoms with van der Waals surface area (Å²) < 4.78 is 16.2. The number of hydrogen-bond donors (Lipinski definition) is 1. The van der Waals surface area contributed by atoms with Gasteiger partial charge in [-0.3, -0.25) is 4.79 Å². The fourth-order valence-electron chi connectivity index (χ4n) is 2.69. The zero-order valence-corrected chi connectivity index (χ0v) is 12.0. The van der Waals surface area contributed by atoms with Crippen molar-refractivity contribution in [2.24, 2.45) is 0 Å². The number of rotatable bonds is 1. The summed E-state index contributed by atoms with van der Waals surface area (Å²) in [5, 5.41) is 9.79. The van der Waals surface area contributed by atoms with Gasteiger partial charge in [0, 0.05) is 16.9 Å². The Morgan fingerprint density at radius 2 is 2.32 bits per heavy atom. The number of aliphatic hydroxyl groups is 1. The van der Waals surface area contributed by atoms with Crippen LogP contribution in [0.2, 0.25) is 0 Å². The van der Waals surface area contributed by atoms with Gasteiger partial charge < -0.3 is 9.67 Å². The molecule has 3 rings (SSSR count). The lowest BCUT2D eigenvalue weighted by Gasteiger charge is -2.24. The van der Waals surface area contributed by atoms with Crippen molar-refractivity contribution >= 4 is 32.7 Å². The molecule has 0 amide bonds. The molecule has 2 heterocycles. The van der Waals surface area contributed by atoms with Gasteiger partial charge in [-0.1, -0.05) is 0 Å². The van der Waals surface area contributed by atoms with Gasteiger partial charge in [-0.2, -0.15) is 0 Å². The van der Waals surface area contributed by atoms with Gasteiger partial charge in [0.05, 0.1) is 11.1 Å². The highest BCUT2D eigenvalue weighted by molar-refractivity contribution is 9.10. The van der Waals surface area contributed by atoms with Crippen LogP contribution in [0.15, 0.2) is 10.5 Å². The van der Waals surface area contributed by atoms with Gasteiger partial charge in [0.2, 0.25) is 0 Å². The van der Waals surface area contributed by atoms with Crippen LogP contribution < -0.4 is 0 Å². The van der Waals surface area contributed by atoms with Crippen LogP contribution in [0.4, 0.5) is 4.39 Å². The second-order valence-corrected chi connectivity index (χ2v) is 5.76. The smallest absolute Gasteiger partial charge is 0.168 e. The highest BCUT2D eigenvalue weighted by Gasteiger charge is 2.32. The Hall–Kier alpha value is -1.27. The third-order valence-electron chi connectivity index (χ3n) is 3.47. The predicted octanol–water partition coefficient (Wildman–Crippen LogP) is 3.14. The number of hydrogen-bond acceptors (Lipinski definition) is 3. The molecule has 0 saturated heterocycles. The average Bonchev–Trinajstić information content (AvgIpc) is 2.68. The molecule has 0 aliphatic carbocycles. The van der Waals surface area contributed by atoms with Crippen LogP contribution in [0, 0.1) is 5.82 Å². The molecule has 19 heavy (non-hydrogen) atoms. The Kier molecular flexibility index (Phi) is 2.76. The first-order valence-electron chi connectivity index (χ1n) is 6.03. The lowest BCUT2D eigenvalue weighted by molar-refractivity contribution is 0.0955. The summed E-state index contributed by atoms with van der Waals surface area (Å²) in [4.78, 5) is 16.3. The van der Waals surface area contributed by atoms with E-state index in [4.69, 9.17) is 0 Å². The Morgan fingerprint density at radius 3 is 2.95 bits per heavy atom. The predicted molar refractivity (Wildman–Crippen MR) is 71.7 cm³/mol. The Morgan fingerprint density at radius 1 is 1.63 bits per heavy atom. The second kappa shape index (κ2) is 4.11. The van der Waals surface area contributed by atoms with Crippen LogP contribution in [0.25, 0.3) is 11.0 Å². The Labute approximate surface area is 117 Å². The summed E-state index contributed by atoms with van der Waals surface area (Å²) >= 11 is 3.24. The van der Waals surface area contributed by atoms with E-state index in [0.29, 0.717) is 27.8 Å².